The summed E-state index contributed by atoms with van der Waals surface area (Å²) in [7, 11) is 0. The highest BCUT2D eigenvalue weighted by atomic mass is 79.9. The van der Waals surface area contributed by atoms with E-state index < -0.39 is 0 Å². The van der Waals surface area contributed by atoms with Gasteiger partial charge in [-0.1, -0.05) is 6.07 Å². The predicted octanol–water partition coefficient (Wildman–Crippen LogP) is 2.33. The molecule has 2 rings (SSSR count). The molecule has 5 heteroatoms. The van der Waals surface area contributed by atoms with Crippen molar-refractivity contribution in [2.24, 2.45) is 0 Å². The molecule has 1 N–H and O–H groups in total. The molecule has 3 nitrogen and oxygen atoms in total. The van der Waals surface area contributed by atoms with Crippen molar-refractivity contribution < 1.29 is 9.50 Å². The third kappa shape index (κ3) is 2.31. The van der Waals surface area contributed by atoms with Crippen LogP contribution in [0.15, 0.2) is 35.1 Å². The van der Waals surface area contributed by atoms with E-state index in [4.69, 9.17) is 5.11 Å². The largest absolute Gasteiger partial charge is 0.388 e. The first-order valence-corrected chi connectivity index (χ1v) is 5.55. The molecule has 0 saturated heterocycles. The molecule has 2 aromatic rings. The summed E-state index contributed by atoms with van der Waals surface area (Å²) >= 11 is 3.14. The van der Waals surface area contributed by atoms with Crippen LogP contribution in [-0.2, 0) is 13.2 Å². The summed E-state index contributed by atoms with van der Waals surface area (Å²) in [6, 6.07) is 4.84. The van der Waals surface area contributed by atoms with Gasteiger partial charge >= 0.3 is 0 Å². The molecule has 0 spiro atoms. The Labute approximate surface area is 101 Å². The number of rotatable bonds is 3. The maximum atomic E-state index is 13.0. The fourth-order valence-corrected chi connectivity index (χ4v) is 1.90. The Balaban J connectivity index is 2.24. The van der Waals surface area contributed by atoms with Gasteiger partial charge in [0, 0.05) is 18.9 Å². The van der Waals surface area contributed by atoms with Crippen LogP contribution < -0.4 is 0 Å². The topological polar surface area (TPSA) is 38.1 Å². The van der Waals surface area contributed by atoms with E-state index in [1.807, 2.05) is 4.57 Å². The van der Waals surface area contributed by atoms with Gasteiger partial charge in [-0.3, -0.25) is 0 Å². The van der Waals surface area contributed by atoms with Crippen LogP contribution in [-0.4, -0.2) is 14.7 Å². The van der Waals surface area contributed by atoms with Crippen LogP contribution >= 0.6 is 15.9 Å². The number of aliphatic hydroxyl groups excluding tert-OH is 1. The number of halogens is 2. The van der Waals surface area contributed by atoms with E-state index in [0.717, 1.165) is 5.56 Å². The third-order valence-corrected chi connectivity index (χ3v) is 2.89. The molecule has 0 fully saturated rings. The van der Waals surface area contributed by atoms with Gasteiger partial charge < -0.3 is 9.67 Å². The van der Waals surface area contributed by atoms with Gasteiger partial charge in [-0.05, 0) is 33.6 Å². The van der Waals surface area contributed by atoms with Gasteiger partial charge in [0.2, 0.25) is 0 Å². The van der Waals surface area contributed by atoms with Crippen molar-refractivity contribution in [2.75, 3.05) is 0 Å². The second-order valence-electron chi connectivity index (χ2n) is 3.38. The number of hydrogen-bond donors (Lipinski definition) is 1. The Morgan fingerprint density at radius 3 is 2.94 bits per heavy atom. The predicted molar refractivity (Wildman–Crippen MR) is 61.4 cm³/mol. The van der Waals surface area contributed by atoms with Crippen LogP contribution in [0.3, 0.4) is 0 Å². The van der Waals surface area contributed by atoms with Crippen molar-refractivity contribution >= 4 is 15.9 Å². The number of benzene rings is 1. The van der Waals surface area contributed by atoms with Crippen molar-refractivity contribution in [2.45, 2.75) is 13.2 Å². The minimum atomic E-state index is -0.281. The molecule has 1 aromatic carbocycles. The highest BCUT2D eigenvalue weighted by molar-refractivity contribution is 9.10. The van der Waals surface area contributed by atoms with E-state index in [-0.39, 0.29) is 12.4 Å². The summed E-state index contributed by atoms with van der Waals surface area (Å²) in [6.07, 6.45) is 3.41. The number of aliphatic hydroxyl groups is 1. The monoisotopic (exact) mass is 284 g/mol. The number of aromatic nitrogens is 2. The van der Waals surface area contributed by atoms with E-state index in [2.05, 4.69) is 20.9 Å². The van der Waals surface area contributed by atoms with Gasteiger partial charge in [-0.25, -0.2) is 9.37 Å². The lowest BCUT2D eigenvalue weighted by Gasteiger charge is -2.06. The number of imidazole rings is 1. The molecular weight excluding hydrogens is 275 g/mol. The zero-order chi connectivity index (χ0) is 11.5. The maximum absolute atomic E-state index is 13.0. The fourth-order valence-electron chi connectivity index (χ4n) is 1.47. The Morgan fingerprint density at radius 2 is 2.25 bits per heavy atom. The summed E-state index contributed by atoms with van der Waals surface area (Å²) in [5.74, 6) is 0.317. The molecular formula is C11H10BrFN2O. The molecule has 84 valence electrons. The minimum absolute atomic E-state index is 0.102. The standard InChI is InChI=1S/C11H10BrFN2O/c12-9-5-8(1-2-10(9)13)6-15-4-3-14-11(15)7-16/h1-5,16H,6-7H2. The highest BCUT2D eigenvalue weighted by Crippen LogP contribution is 2.17. The molecule has 0 unspecified atom stereocenters. The average molecular weight is 285 g/mol. The molecule has 0 saturated carbocycles. The molecule has 1 aromatic heterocycles. The van der Waals surface area contributed by atoms with E-state index in [1.54, 1.807) is 24.5 Å². The lowest BCUT2D eigenvalue weighted by Crippen LogP contribution is -2.04. The van der Waals surface area contributed by atoms with Gasteiger partial charge in [-0.15, -0.1) is 0 Å². The summed E-state index contributed by atoms with van der Waals surface area (Å²) in [6.45, 7) is 0.462. The normalized spacial score (nSPS) is 10.7. The van der Waals surface area contributed by atoms with Gasteiger partial charge in [0.15, 0.2) is 0 Å². The second-order valence-corrected chi connectivity index (χ2v) is 4.23. The molecule has 0 radical (unpaired) electrons. The van der Waals surface area contributed by atoms with Crippen molar-refractivity contribution in [1.82, 2.24) is 9.55 Å². The van der Waals surface area contributed by atoms with Gasteiger partial charge in [0.05, 0.1) is 4.47 Å². The smallest absolute Gasteiger partial charge is 0.137 e. The Kier molecular flexibility index (Phi) is 3.36. The molecule has 0 aliphatic rings. The van der Waals surface area contributed by atoms with E-state index >= 15 is 0 Å². The zero-order valence-corrected chi connectivity index (χ0v) is 9.98. The van der Waals surface area contributed by atoms with E-state index in [9.17, 15) is 4.39 Å². The SMILES string of the molecule is OCc1nccn1Cc1ccc(F)c(Br)c1. The van der Waals surface area contributed by atoms with Gasteiger partial charge in [0.25, 0.3) is 0 Å². The Hall–Kier alpha value is -1.20. The summed E-state index contributed by atoms with van der Waals surface area (Å²) < 4.78 is 15.3. The summed E-state index contributed by atoms with van der Waals surface area (Å²) in [5.41, 5.74) is 0.945. The van der Waals surface area contributed by atoms with Crippen molar-refractivity contribution in [3.05, 3.63) is 52.3 Å². The van der Waals surface area contributed by atoms with E-state index in [1.165, 1.54) is 6.07 Å². The maximum Gasteiger partial charge on any atom is 0.137 e. The van der Waals surface area contributed by atoms with Crippen molar-refractivity contribution in [3.63, 3.8) is 0 Å². The quantitative estimate of drug-likeness (QED) is 0.940. The molecule has 0 aliphatic heterocycles. The van der Waals surface area contributed by atoms with Gasteiger partial charge in [0.1, 0.15) is 18.2 Å². The van der Waals surface area contributed by atoms with Crippen LogP contribution in [0.2, 0.25) is 0 Å². The minimum Gasteiger partial charge on any atom is -0.388 e. The second kappa shape index (κ2) is 4.76. The van der Waals surface area contributed by atoms with Crippen molar-refractivity contribution in [1.29, 1.82) is 0 Å². The lowest BCUT2D eigenvalue weighted by atomic mass is 10.2. The number of nitrogens with zero attached hydrogens (tertiary/aromatic N) is 2. The highest BCUT2D eigenvalue weighted by Gasteiger charge is 2.04. The Bertz CT molecular complexity index is 498. The molecule has 0 aliphatic carbocycles. The van der Waals surface area contributed by atoms with Crippen LogP contribution in [0.1, 0.15) is 11.4 Å². The lowest BCUT2D eigenvalue weighted by molar-refractivity contribution is 0.266. The van der Waals surface area contributed by atoms with E-state index in [0.29, 0.717) is 16.8 Å². The van der Waals surface area contributed by atoms with Crippen LogP contribution in [0.4, 0.5) is 4.39 Å². The first-order chi connectivity index (χ1) is 7.70. The van der Waals surface area contributed by atoms with Crippen LogP contribution in [0.25, 0.3) is 0 Å². The third-order valence-electron chi connectivity index (χ3n) is 2.28. The zero-order valence-electron chi connectivity index (χ0n) is 8.40. The molecule has 0 atom stereocenters. The number of hydrogen-bond acceptors (Lipinski definition) is 2. The molecule has 0 bridgehead atoms. The molecule has 1 heterocycles. The molecule has 0 amide bonds. The fraction of sp³-hybridized carbons (Fsp3) is 0.182. The summed E-state index contributed by atoms with van der Waals surface area (Å²) in [4.78, 5) is 4.00. The summed E-state index contributed by atoms with van der Waals surface area (Å²) in [5, 5.41) is 9.03. The Morgan fingerprint density at radius 1 is 1.44 bits per heavy atom. The van der Waals surface area contributed by atoms with Gasteiger partial charge in [-0.2, -0.15) is 0 Å². The van der Waals surface area contributed by atoms with Crippen LogP contribution in [0.5, 0.6) is 0 Å². The average Bonchev–Trinajstić information content (AvgIpc) is 2.71. The van der Waals surface area contributed by atoms with Crippen LogP contribution in [0, 0.1) is 5.82 Å². The first-order valence-electron chi connectivity index (χ1n) is 4.75. The molecule has 16 heavy (non-hydrogen) atoms. The first kappa shape index (κ1) is 11.3. The van der Waals surface area contributed by atoms with Crippen molar-refractivity contribution in [3.8, 4) is 0 Å².